The zero-order valence-corrected chi connectivity index (χ0v) is 17.4. The third kappa shape index (κ3) is 5.83. The molecule has 0 amide bonds. The van der Waals surface area contributed by atoms with Gasteiger partial charge in [-0.1, -0.05) is 13.0 Å². The van der Waals surface area contributed by atoms with Gasteiger partial charge >= 0.3 is 6.18 Å². The van der Waals surface area contributed by atoms with Crippen molar-refractivity contribution in [3.8, 4) is 0 Å². The minimum atomic E-state index is -4.20. The summed E-state index contributed by atoms with van der Waals surface area (Å²) >= 11 is 0. The maximum Gasteiger partial charge on any atom is 0.401 e. The molecule has 4 nitrogen and oxygen atoms in total. The molecule has 2 aliphatic rings. The molecular weight excluding hydrogens is 403 g/mol. The SMILES string of the molecule is CCN=C(NC1CC1c1c(F)cccc1F)N1CCC(CN(CC)CC(F)(F)F)C1. The highest BCUT2D eigenvalue weighted by Crippen LogP contribution is 2.43. The molecule has 1 aromatic carbocycles. The molecule has 30 heavy (non-hydrogen) atoms. The molecule has 3 unspecified atom stereocenters. The summed E-state index contributed by atoms with van der Waals surface area (Å²) in [6, 6.07) is 3.78. The number of aliphatic imine (C=N–C) groups is 1. The van der Waals surface area contributed by atoms with E-state index >= 15 is 0 Å². The van der Waals surface area contributed by atoms with E-state index in [9.17, 15) is 22.0 Å². The van der Waals surface area contributed by atoms with Crippen molar-refractivity contribution in [3.05, 3.63) is 35.4 Å². The predicted molar refractivity (Wildman–Crippen MR) is 106 cm³/mol. The van der Waals surface area contributed by atoms with Gasteiger partial charge in [-0.2, -0.15) is 13.2 Å². The van der Waals surface area contributed by atoms with Crippen molar-refractivity contribution in [2.24, 2.45) is 10.9 Å². The lowest BCUT2D eigenvalue weighted by molar-refractivity contribution is -0.146. The van der Waals surface area contributed by atoms with Gasteiger partial charge in [-0.3, -0.25) is 9.89 Å². The first kappa shape index (κ1) is 22.8. The zero-order chi connectivity index (χ0) is 21.9. The first-order chi connectivity index (χ1) is 14.2. The number of likely N-dealkylation sites (tertiary alicyclic amines) is 1. The van der Waals surface area contributed by atoms with Crippen LogP contribution in [0.15, 0.2) is 23.2 Å². The summed E-state index contributed by atoms with van der Waals surface area (Å²) in [5.74, 6) is -0.528. The fourth-order valence-corrected chi connectivity index (χ4v) is 4.19. The van der Waals surface area contributed by atoms with E-state index in [4.69, 9.17) is 0 Å². The van der Waals surface area contributed by atoms with E-state index in [2.05, 4.69) is 10.3 Å². The predicted octanol–water partition coefficient (Wildman–Crippen LogP) is 3.99. The van der Waals surface area contributed by atoms with Crippen LogP contribution in [0.2, 0.25) is 0 Å². The van der Waals surface area contributed by atoms with E-state index in [1.165, 1.54) is 23.1 Å². The van der Waals surface area contributed by atoms with Crippen molar-refractivity contribution in [2.45, 2.75) is 44.8 Å². The molecule has 0 spiro atoms. The van der Waals surface area contributed by atoms with Gasteiger partial charge in [-0.15, -0.1) is 0 Å². The van der Waals surface area contributed by atoms with Crippen LogP contribution < -0.4 is 5.32 Å². The molecule has 3 rings (SSSR count). The molecule has 3 atom stereocenters. The Labute approximate surface area is 174 Å². The summed E-state index contributed by atoms with van der Waals surface area (Å²) in [6.45, 7) is 5.34. The molecule has 9 heteroatoms. The molecule has 1 saturated heterocycles. The minimum Gasteiger partial charge on any atom is -0.353 e. The quantitative estimate of drug-likeness (QED) is 0.402. The smallest absolute Gasteiger partial charge is 0.353 e. The number of alkyl halides is 3. The van der Waals surface area contributed by atoms with Crippen molar-refractivity contribution in [3.63, 3.8) is 0 Å². The van der Waals surface area contributed by atoms with Crippen LogP contribution in [-0.2, 0) is 0 Å². The van der Waals surface area contributed by atoms with E-state index in [0.717, 1.165) is 6.42 Å². The molecular formula is C21H29F5N4. The Hall–Kier alpha value is -1.90. The van der Waals surface area contributed by atoms with Crippen molar-refractivity contribution >= 4 is 5.96 Å². The van der Waals surface area contributed by atoms with Gasteiger partial charge in [0.15, 0.2) is 5.96 Å². The first-order valence-corrected chi connectivity index (χ1v) is 10.5. The van der Waals surface area contributed by atoms with Crippen molar-refractivity contribution in [1.29, 1.82) is 0 Å². The number of hydrogen-bond donors (Lipinski definition) is 1. The molecule has 1 saturated carbocycles. The lowest BCUT2D eigenvalue weighted by atomic mass is 10.1. The minimum absolute atomic E-state index is 0.0990. The van der Waals surface area contributed by atoms with Gasteiger partial charge in [-0.05, 0) is 44.4 Å². The standard InChI is InChI=1S/C21H29F5N4/c1-3-27-20(28-18-10-15(18)19-16(22)6-5-7-17(19)23)30-9-8-14(12-30)11-29(4-2)13-21(24,25)26/h5-7,14-15,18H,3-4,8-13H2,1-2H3,(H,27,28). The number of hydrogen-bond acceptors (Lipinski definition) is 2. The van der Waals surface area contributed by atoms with Gasteiger partial charge in [0.05, 0.1) is 6.54 Å². The summed E-state index contributed by atoms with van der Waals surface area (Å²) in [4.78, 5) is 7.97. The van der Waals surface area contributed by atoms with E-state index in [1.807, 2.05) is 11.8 Å². The van der Waals surface area contributed by atoms with Crippen LogP contribution in [0.4, 0.5) is 22.0 Å². The van der Waals surface area contributed by atoms with Crippen LogP contribution in [0.3, 0.4) is 0 Å². The molecule has 1 aromatic rings. The van der Waals surface area contributed by atoms with Crippen LogP contribution in [0.1, 0.15) is 38.2 Å². The molecule has 1 aliphatic heterocycles. The van der Waals surface area contributed by atoms with Crippen LogP contribution in [0, 0.1) is 17.6 Å². The Morgan fingerprint density at radius 3 is 2.53 bits per heavy atom. The topological polar surface area (TPSA) is 30.9 Å². The number of nitrogens with zero attached hydrogens (tertiary/aromatic N) is 3. The third-order valence-electron chi connectivity index (χ3n) is 5.74. The highest BCUT2D eigenvalue weighted by atomic mass is 19.4. The van der Waals surface area contributed by atoms with E-state index in [0.29, 0.717) is 45.1 Å². The van der Waals surface area contributed by atoms with E-state index in [1.54, 1.807) is 6.92 Å². The second-order valence-corrected chi connectivity index (χ2v) is 8.07. The Morgan fingerprint density at radius 1 is 1.23 bits per heavy atom. The summed E-state index contributed by atoms with van der Waals surface area (Å²) in [7, 11) is 0. The number of benzene rings is 1. The van der Waals surface area contributed by atoms with E-state index < -0.39 is 24.4 Å². The monoisotopic (exact) mass is 432 g/mol. The van der Waals surface area contributed by atoms with Gasteiger partial charge in [-0.25, -0.2) is 8.78 Å². The molecule has 1 aliphatic carbocycles. The molecule has 168 valence electrons. The Kier molecular flexibility index (Phi) is 7.21. The lowest BCUT2D eigenvalue weighted by Crippen LogP contribution is -2.43. The summed E-state index contributed by atoms with van der Waals surface area (Å²) in [5, 5.41) is 3.31. The van der Waals surface area contributed by atoms with Gasteiger partial charge in [0.1, 0.15) is 11.6 Å². The average Bonchev–Trinajstić information content (AvgIpc) is 3.24. The lowest BCUT2D eigenvalue weighted by Gasteiger charge is -2.26. The van der Waals surface area contributed by atoms with Crippen molar-refractivity contribution in [2.75, 3.05) is 39.3 Å². The van der Waals surface area contributed by atoms with Crippen LogP contribution in [0.5, 0.6) is 0 Å². The molecule has 2 fully saturated rings. The number of guanidine groups is 1. The maximum atomic E-state index is 14.0. The third-order valence-corrected chi connectivity index (χ3v) is 5.74. The van der Waals surface area contributed by atoms with Crippen LogP contribution in [-0.4, -0.2) is 67.2 Å². The Balaban J connectivity index is 1.57. The van der Waals surface area contributed by atoms with Gasteiger partial charge in [0.2, 0.25) is 0 Å². The highest BCUT2D eigenvalue weighted by molar-refractivity contribution is 5.81. The highest BCUT2D eigenvalue weighted by Gasteiger charge is 2.43. The van der Waals surface area contributed by atoms with Crippen molar-refractivity contribution in [1.82, 2.24) is 15.1 Å². The van der Waals surface area contributed by atoms with Gasteiger partial charge in [0, 0.05) is 43.7 Å². The molecule has 1 heterocycles. The number of halogens is 5. The zero-order valence-electron chi connectivity index (χ0n) is 17.4. The molecule has 0 bridgehead atoms. The number of nitrogens with one attached hydrogen (secondary N) is 1. The van der Waals surface area contributed by atoms with Gasteiger partial charge in [0.25, 0.3) is 0 Å². The van der Waals surface area contributed by atoms with Gasteiger partial charge < -0.3 is 10.2 Å². The summed E-state index contributed by atoms with van der Waals surface area (Å²) < 4.78 is 66.2. The summed E-state index contributed by atoms with van der Waals surface area (Å²) in [5.41, 5.74) is 0.107. The van der Waals surface area contributed by atoms with Crippen LogP contribution >= 0.6 is 0 Å². The second kappa shape index (κ2) is 9.49. The van der Waals surface area contributed by atoms with Crippen molar-refractivity contribution < 1.29 is 22.0 Å². The normalized spacial score (nSPS) is 24.6. The van der Waals surface area contributed by atoms with Crippen LogP contribution in [0.25, 0.3) is 0 Å². The molecule has 0 aromatic heterocycles. The largest absolute Gasteiger partial charge is 0.401 e. The first-order valence-electron chi connectivity index (χ1n) is 10.5. The second-order valence-electron chi connectivity index (χ2n) is 8.07. The Morgan fingerprint density at radius 2 is 1.93 bits per heavy atom. The maximum absolute atomic E-state index is 14.0. The number of rotatable bonds is 7. The molecule has 1 N–H and O–H groups in total. The summed E-state index contributed by atoms with van der Waals surface area (Å²) in [6.07, 6.45) is -2.80. The van der Waals surface area contributed by atoms with E-state index in [-0.39, 0.29) is 23.4 Å². The Bertz CT molecular complexity index is 731. The fraction of sp³-hybridized carbons (Fsp3) is 0.667. The average molecular weight is 432 g/mol. The fourth-order valence-electron chi connectivity index (χ4n) is 4.19. The molecule has 0 radical (unpaired) electrons.